The van der Waals surface area contributed by atoms with Crippen molar-refractivity contribution in [1.82, 2.24) is 10.5 Å². The number of hydrogen-bond donors (Lipinski definition) is 0. The lowest BCUT2D eigenvalue weighted by Crippen LogP contribution is -1.96. The van der Waals surface area contributed by atoms with E-state index in [1.54, 1.807) is 36.7 Å². The van der Waals surface area contributed by atoms with Gasteiger partial charge in [-0.3, -0.25) is 4.98 Å². The average Bonchev–Trinajstić information content (AvgIpc) is 2.94. The highest BCUT2D eigenvalue weighted by Gasteiger charge is 2.13. The first-order chi connectivity index (χ1) is 9.33. The second-order valence-electron chi connectivity index (χ2n) is 3.63. The summed E-state index contributed by atoms with van der Waals surface area (Å²) in [5, 5.41) is 11.4. The Balaban J connectivity index is 1.85. The summed E-state index contributed by atoms with van der Waals surface area (Å²) < 4.78 is 5.61. The molecule has 1 aromatic heterocycles. The Morgan fingerprint density at radius 1 is 1.11 bits per heavy atom. The molecule has 0 saturated carbocycles. The van der Waals surface area contributed by atoms with E-state index in [9.17, 15) is 0 Å². The third-order valence-electron chi connectivity index (χ3n) is 2.37. The van der Waals surface area contributed by atoms with E-state index in [1.165, 1.54) is 0 Å². The van der Waals surface area contributed by atoms with Crippen LogP contribution < -0.4 is 10.3 Å². The maximum atomic E-state index is 6.16. The first-order valence-corrected chi connectivity index (χ1v) is 5.77. The van der Waals surface area contributed by atoms with E-state index in [-0.39, 0.29) is 0 Å². The Hall–Kier alpha value is -2.47. The maximum Gasteiger partial charge on any atom is 0.208 e. The topological polar surface area (TPSA) is 73.3 Å². The molecule has 6 nitrogen and oxygen atoms in total. The molecule has 1 aromatic carbocycles. The zero-order chi connectivity index (χ0) is 13.1. The van der Waals surface area contributed by atoms with E-state index >= 15 is 0 Å². The van der Waals surface area contributed by atoms with Crippen molar-refractivity contribution in [3.8, 4) is 11.5 Å². The molecule has 2 heterocycles. The molecular formula is C12H7ClN5O. The van der Waals surface area contributed by atoms with Crippen molar-refractivity contribution in [1.29, 1.82) is 0 Å². The lowest BCUT2D eigenvalue weighted by Gasteiger charge is -2.07. The van der Waals surface area contributed by atoms with Gasteiger partial charge in [-0.25, -0.2) is 0 Å². The van der Waals surface area contributed by atoms with Crippen LogP contribution >= 0.6 is 11.6 Å². The van der Waals surface area contributed by atoms with Crippen LogP contribution in [0.5, 0.6) is 11.5 Å². The zero-order valence-corrected chi connectivity index (χ0v) is 10.3. The van der Waals surface area contributed by atoms with Crippen LogP contribution in [0.15, 0.2) is 58.2 Å². The molecule has 0 bridgehead atoms. The maximum absolute atomic E-state index is 6.16. The van der Waals surface area contributed by atoms with Gasteiger partial charge in [-0.1, -0.05) is 11.6 Å². The summed E-state index contributed by atoms with van der Waals surface area (Å²) in [6, 6.07) is 8.81. The van der Waals surface area contributed by atoms with Gasteiger partial charge in [0.25, 0.3) is 0 Å². The summed E-state index contributed by atoms with van der Waals surface area (Å²) in [6.07, 6.45) is 3.30. The Morgan fingerprint density at radius 2 is 2.05 bits per heavy atom. The van der Waals surface area contributed by atoms with Crippen LogP contribution in [-0.2, 0) is 0 Å². The number of halogens is 1. The van der Waals surface area contributed by atoms with Crippen LogP contribution in [0.2, 0.25) is 5.02 Å². The lowest BCUT2D eigenvalue weighted by molar-refractivity contribution is 0.480. The van der Waals surface area contributed by atoms with Gasteiger partial charge in [-0.05, 0) is 35.0 Å². The van der Waals surface area contributed by atoms with Crippen LogP contribution in [0.25, 0.3) is 0 Å². The van der Waals surface area contributed by atoms with Gasteiger partial charge in [0.1, 0.15) is 11.5 Å². The Labute approximate surface area is 113 Å². The van der Waals surface area contributed by atoms with Crippen LogP contribution in [0.4, 0.5) is 0 Å². The fourth-order valence-electron chi connectivity index (χ4n) is 1.54. The first kappa shape index (κ1) is 11.6. The molecule has 1 aliphatic heterocycles. The number of amidine groups is 1. The summed E-state index contributed by atoms with van der Waals surface area (Å²) >= 11 is 6.16. The average molecular weight is 273 g/mol. The zero-order valence-electron chi connectivity index (χ0n) is 9.56. The standard InChI is InChI=1S/C12H7ClN5O/c13-11-6-8(19-9-2-1-5-14-7-9)3-4-10(11)12-15-17-18-16-12/h1-7H. The predicted molar refractivity (Wildman–Crippen MR) is 69.3 cm³/mol. The van der Waals surface area contributed by atoms with Gasteiger partial charge in [-0.2, -0.15) is 0 Å². The molecule has 0 amide bonds. The first-order valence-electron chi connectivity index (χ1n) is 5.39. The van der Waals surface area contributed by atoms with Crippen LogP contribution in [0, 0.1) is 0 Å². The van der Waals surface area contributed by atoms with Gasteiger partial charge >= 0.3 is 0 Å². The minimum Gasteiger partial charge on any atom is -0.456 e. The minimum absolute atomic E-state index is 0.387. The quantitative estimate of drug-likeness (QED) is 0.861. The summed E-state index contributed by atoms with van der Waals surface area (Å²) in [5.41, 5.74) is 4.08. The molecule has 0 spiro atoms. The second-order valence-corrected chi connectivity index (χ2v) is 4.04. The number of pyridine rings is 1. The Kier molecular flexibility index (Phi) is 3.07. The highest BCUT2D eigenvalue weighted by molar-refractivity contribution is 6.34. The van der Waals surface area contributed by atoms with Crippen LogP contribution in [-0.4, -0.2) is 10.8 Å². The molecule has 0 unspecified atom stereocenters. The molecular weight excluding hydrogens is 266 g/mol. The fraction of sp³-hybridized carbons (Fsp3) is 0. The number of nitrogens with zero attached hydrogens (tertiary/aromatic N) is 5. The molecule has 0 atom stereocenters. The van der Waals surface area contributed by atoms with Gasteiger partial charge in [0.15, 0.2) is 0 Å². The molecule has 3 rings (SSSR count). The largest absolute Gasteiger partial charge is 0.456 e. The van der Waals surface area contributed by atoms with Gasteiger partial charge < -0.3 is 4.74 Å². The Bertz CT molecular complexity index is 656. The molecule has 0 fully saturated rings. The minimum atomic E-state index is 0.387. The molecule has 2 aromatic rings. The molecule has 7 heteroatoms. The van der Waals surface area contributed by atoms with E-state index in [0.717, 1.165) is 0 Å². The van der Waals surface area contributed by atoms with Crippen molar-refractivity contribution >= 4 is 17.4 Å². The number of benzene rings is 1. The summed E-state index contributed by atoms with van der Waals surface area (Å²) in [7, 11) is 0. The van der Waals surface area contributed by atoms with Crippen molar-refractivity contribution in [2.45, 2.75) is 0 Å². The van der Waals surface area contributed by atoms with E-state index in [4.69, 9.17) is 16.3 Å². The molecule has 93 valence electrons. The SMILES string of the molecule is Clc1cc(Oc2cccnc2)ccc1C1=N[N]N=N1. The number of aromatic nitrogens is 1. The van der Waals surface area contributed by atoms with Crippen LogP contribution in [0.3, 0.4) is 0 Å². The summed E-state index contributed by atoms with van der Waals surface area (Å²) in [5.74, 6) is 1.63. The van der Waals surface area contributed by atoms with Crippen molar-refractivity contribution < 1.29 is 4.74 Å². The molecule has 19 heavy (non-hydrogen) atoms. The lowest BCUT2D eigenvalue weighted by atomic mass is 10.2. The third kappa shape index (κ3) is 2.53. The fourth-order valence-corrected chi connectivity index (χ4v) is 1.79. The monoisotopic (exact) mass is 272 g/mol. The van der Waals surface area contributed by atoms with E-state index in [0.29, 0.717) is 27.9 Å². The summed E-state index contributed by atoms with van der Waals surface area (Å²) in [4.78, 5) is 3.97. The smallest absolute Gasteiger partial charge is 0.208 e. The third-order valence-corrected chi connectivity index (χ3v) is 2.68. The van der Waals surface area contributed by atoms with Crippen molar-refractivity contribution in [2.75, 3.05) is 0 Å². The Morgan fingerprint density at radius 3 is 2.74 bits per heavy atom. The highest BCUT2D eigenvalue weighted by Crippen LogP contribution is 2.27. The van der Waals surface area contributed by atoms with Gasteiger partial charge in [0.2, 0.25) is 5.84 Å². The number of rotatable bonds is 3. The highest BCUT2D eigenvalue weighted by atomic mass is 35.5. The summed E-state index contributed by atoms with van der Waals surface area (Å²) in [6.45, 7) is 0. The van der Waals surface area contributed by atoms with Gasteiger partial charge in [-0.15, -0.1) is 10.2 Å². The van der Waals surface area contributed by atoms with Crippen molar-refractivity contribution in [3.63, 3.8) is 0 Å². The predicted octanol–water partition coefficient (Wildman–Crippen LogP) is 3.17. The van der Waals surface area contributed by atoms with Gasteiger partial charge in [0, 0.05) is 17.8 Å². The molecule has 1 radical (unpaired) electrons. The normalized spacial score (nSPS) is 13.0. The number of ether oxygens (including phenoxy) is 1. The van der Waals surface area contributed by atoms with Crippen molar-refractivity contribution in [2.24, 2.45) is 15.4 Å². The second kappa shape index (κ2) is 5.03. The number of hydrogen-bond acceptors (Lipinski definition) is 5. The molecule has 1 aliphatic rings. The van der Waals surface area contributed by atoms with Crippen LogP contribution in [0.1, 0.15) is 5.56 Å². The van der Waals surface area contributed by atoms with Gasteiger partial charge in [0.05, 0.1) is 11.2 Å². The van der Waals surface area contributed by atoms with E-state index in [2.05, 4.69) is 26.0 Å². The van der Waals surface area contributed by atoms with E-state index in [1.807, 2.05) is 6.07 Å². The van der Waals surface area contributed by atoms with E-state index < -0.39 is 0 Å². The molecule has 0 aliphatic carbocycles. The molecule has 0 saturated heterocycles. The molecule has 0 N–H and O–H groups in total. The van der Waals surface area contributed by atoms with Crippen molar-refractivity contribution in [3.05, 3.63) is 53.3 Å².